The van der Waals surface area contributed by atoms with E-state index in [4.69, 9.17) is 9.47 Å². The predicted octanol–water partition coefficient (Wildman–Crippen LogP) is 2.41. The molecule has 1 N–H and O–H groups in total. The van der Waals surface area contributed by atoms with E-state index < -0.39 is 35.3 Å². The minimum Gasteiger partial charge on any atom is -0.491 e. The second-order valence-corrected chi connectivity index (χ2v) is 5.61. The second kappa shape index (κ2) is 7.75. The molecule has 0 unspecified atom stereocenters. The second-order valence-electron chi connectivity index (χ2n) is 5.61. The lowest BCUT2D eigenvalue weighted by Crippen LogP contribution is -2.47. The zero-order chi connectivity index (χ0) is 17.6. The minimum atomic E-state index is -1.16. The maximum atomic E-state index is 13.1. The van der Waals surface area contributed by atoms with Gasteiger partial charge in [0.25, 0.3) is 0 Å². The molecule has 0 aliphatic rings. The van der Waals surface area contributed by atoms with Gasteiger partial charge in [-0.25, -0.2) is 18.4 Å². The van der Waals surface area contributed by atoms with Crippen LogP contribution in [0.15, 0.2) is 18.2 Å². The van der Waals surface area contributed by atoms with E-state index in [0.717, 1.165) is 19.2 Å². The maximum absolute atomic E-state index is 13.1. The summed E-state index contributed by atoms with van der Waals surface area (Å²) < 4.78 is 40.7. The molecule has 1 rings (SSSR count). The summed E-state index contributed by atoms with van der Waals surface area (Å²) in [5, 5.41) is 2.29. The third kappa shape index (κ3) is 6.50. The Bertz CT molecular complexity index is 571. The van der Waals surface area contributed by atoms with Gasteiger partial charge in [-0.2, -0.15) is 0 Å². The summed E-state index contributed by atoms with van der Waals surface area (Å²) in [7, 11) is 1.14. The number of rotatable bonds is 5. The van der Waals surface area contributed by atoms with E-state index in [1.165, 1.54) is 6.07 Å². The van der Waals surface area contributed by atoms with Gasteiger partial charge >= 0.3 is 12.1 Å². The Balaban J connectivity index is 2.69. The molecule has 128 valence electrons. The number of amides is 1. The molecule has 0 saturated carbocycles. The summed E-state index contributed by atoms with van der Waals surface area (Å²) >= 11 is 0. The number of hydrogen-bond acceptors (Lipinski definition) is 5. The number of halogens is 2. The van der Waals surface area contributed by atoms with Crippen LogP contribution in [-0.2, 0) is 14.3 Å². The van der Waals surface area contributed by atoms with Crippen LogP contribution in [0.3, 0.4) is 0 Å². The Labute approximate surface area is 132 Å². The topological polar surface area (TPSA) is 73.9 Å². The van der Waals surface area contributed by atoms with Gasteiger partial charge in [0.1, 0.15) is 18.0 Å². The van der Waals surface area contributed by atoms with E-state index in [1.54, 1.807) is 20.8 Å². The van der Waals surface area contributed by atoms with Crippen molar-refractivity contribution in [2.24, 2.45) is 0 Å². The van der Waals surface area contributed by atoms with E-state index in [9.17, 15) is 18.4 Å². The average molecular weight is 331 g/mol. The van der Waals surface area contributed by atoms with Crippen molar-refractivity contribution in [1.29, 1.82) is 0 Å². The number of nitrogens with one attached hydrogen (secondary N) is 1. The van der Waals surface area contributed by atoms with Crippen molar-refractivity contribution in [2.45, 2.75) is 32.4 Å². The number of methoxy groups -OCH3 is 1. The molecule has 0 aliphatic heterocycles. The number of esters is 1. The lowest BCUT2D eigenvalue weighted by atomic mass is 10.2. The van der Waals surface area contributed by atoms with Gasteiger partial charge in [-0.15, -0.1) is 0 Å². The molecule has 23 heavy (non-hydrogen) atoms. The molecule has 0 heterocycles. The summed E-state index contributed by atoms with van der Waals surface area (Å²) in [6, 6.07) is 1.75. The lowest BCUT2D eigenvalue weighted by Gasteiger charge is -2.22. The first-order chi connectivity index (χ1) is 10.6. The fraction of sp³-hybridized carbons (Fsp3) is 0.467. The molecule has 1 aromatic carbocycles. The molecule has 0 aromatic heterocycles. The molecule has 1 aromatic rings. The number of alkyl carbamates (subject to hydrolysis) is 1. The standard InChI is InChI=1S/C15H19F2NO5/c1-15(2,3)23-14(20)18-12(13(19)21-4)8-22-9-5-6-10(16)11(17)7-9/h5-7,12H,8H2,1-4H3,(H,18,20)/t12-/m1/s1. The fourth-order valence-corrected chi connectivity index (χ4v) is 1.51. The Morgan fingerprint density at radius 3 is 2.39 bits per heavy atom. The molecule has 0 aliphatic carbocycles. The van der Waals surface area contributed by atoms with E-state index in [-0.39, 0.29) is 12.4 Å². The van der Waals surface area contributed by atoms with E-state index in [1.807, 2.05) is 0 Å². The molecular formula is C15H19F2NO5. The van der Waals surface area contributed by atoms with E-state index >= 15 is 0 Å². The van der Waals surface area contributed by atoms with Gasteiger partial charge in [0.15, 0.2) is 17.7 Å². The molecule has 0 spiro atoms. The first-order valence-corrected chi connectivity index (χ1v) is 6.77. The molecule has 1 atom stereocenters. The van der Waals surface area contributed by atoms with Gasteiger partial charge in [0.2, 0.25) is 0 Å². The van der Waals surface area contributed by atoms with Gasteiger partial charge in [0.05, 0.1) is 7.11 Å². The summed E-state index contributed by atoms with van der Waals surface area (Å²) in [6.07, 6.45) is -0.832. The van der Waals surface area contributed by atoms with Crippen LogP contribution in [0.2, 0.25) is 0 Å². The lowest BCUT2D eigenvalue weighted by molar-refractivity contribution is -0.143. The highest BCUT2D eigenvalue weighted by molar-refractivity contribution is 5.81. The summed E-state index contributed by atoms with van der Waals surface area (Å²) in [5.41, 5.74) is -0.744. The van der Waals surface area contributed by atoms with Crippen LogP contribution in [0.1, 0.15) is 20.8 Å². The quantitative estimate of drug-likeness (QED) is 0.839. The molecule has 0 saturated heterocycles. The van der Waals surface area contributed by atoms with Crippen LogP contribution in [0.5, 0.6) is 5.75 Å². The molecule has 1 amide bonds. The molecule has 0 radical (unpaired) electrons. The van der Waals surface area contributed by atoms with E-state index in [0.29, 0.717) is 0 Å². The third-order valence-corrected chi connectivity index (χ3v) is 2.48. The van der Waals surface area contributed by atoms with Gasteiger partial charge in [0, 0.05) is 6.07 Å². The Morgan fingerprint density at radius 2 is 1.87 bits per heavy atom. The van der Waals surface area contributed by atoms with Crippen LogP contribution in [-0.4, -0.2) is 37.4 Å². The minimum absolute atomic E-state index is 0.00351. The van der Waals surface area contributed by atoms with Crippen LogP contribution < -0.4 is 10.1 Å². The molecule has 6 nitrogen and oxygen atoms in total. The number of hydrogen-bond donors (Lipinski definition) is 1. The van der Waals surface area contributed by atoms with Crippen LogP contribution in [0.25, 0.3) is 0 Å². The SMILES string of the molecule is COC(=O)[C@@H](COc1ccc(F)c(F)c1)NC(=O)OC(C)(C)C. The van der Waals surface area contributed by atoms with Gasteiger partial charge in [-0.3, -0.25) is 0 Å². The molecule has 0 fully saturated rings. The highest BCUT2D eigenvalue weighted by Gasteiger charge is 2.25. The number of benzene rings is 1. The maximum Gasteiger partial charge on any atom is 0.408 e. The zero-order valence-electron chi connectivity index (χ0n) is 13.3. The number of carbonyl (C=O) groups excluding carboxylic acids is 2. The van der Waals surface area contributed by atoms with Crippen molar-refractivity contribution in [3.63, 3.8) is 0 Å². The van der Waals surface area contributed by atoms with Gasteiger partial charge in [-0.05, 0) is 32.9 Å². The molecule has 8 heteroatoms. The Morgan fingerprint density at radius 1 is 1.22 bits per heavy atom. The Kier molecular flexibility index (Phi) is 6.29. The third-order valence-electron chi connectivity index (χ3n) is 2.48. The van der Waals surface area contributed by atoms with Gasteiger partial charge < -0.3 is 19.5 Å². The van der Waals surface area contributed by atoms with Crippen LogP contribution in [0.4, 0.5) is 13.6 Å². The monoisotopic (exact) mass is 331 g/mol. The molecular weight excluding hydrogens is 312 g/mol. The van der Waals surface area contributed by atoms with Crippen molar-refractivity contribution < 1.29 is 32.6 Å². The van der Waals surface area contributed by atoms with Gasteiger partial charge in [-0.1, -0.05) is 0 Å². The number of carbonyl (C=O) groups is 2. The Hall–Kier alpha value is -2.38. The predicted molar refractivity (Wildman–Crippen MR) is 77.0 cm³/mol. The highest BCUT2D eigenvalue weighted by Crippen LogP contribution is 2.15. The first-order valence-electron chi connectivity index (χ1n) is 6.77. The fourth-order valence-electron chi connectivity index (χ4n) is 1.51. The first kappa shape index (κ1) is 18.7. The van der Waals surface area contributed by atoms with Crippen LogP contribution in [0, 0.1) is 11.6 Å². The van der Waals surface area contributed by atoms with Crippen molar-refractivity contribution in [3.05, 3.63) is 29.8 Å². The molecule has 0 bridgehead atoms. The van der Waals surface area contributed by atoms with E-state index in [2.05, 4.69) is 10.1 Å². The van der Waals surface area contributed by atoms with Crippen molar-refractivity contribution in [2.75, 3.05) is 13.7 Å². The average Bonchev–Trinajstić information content (AvgIpc) is 2.44. The smallest absolute Gasteiger partial charge is 0.408 e. The summed E-state index contributed by atoms with van der Waals surface area (Å²) in [4.78, 5) is 23.3. The summed E-state index contributed by atoms with van der Waals surface area (Å²) in [6.45, 7) is 4.66. The largest absolute Gasteiger partial charge is 0.491 e. The van der Waals surface area contributed by atoms with Crippen molar-refractivity contribution in [1.82, 2.24) is 5.32 Å². The van der Waals surface area contributed by atoms with Crippen molar-refractivity contribution in [3.8, 4) is 5.75 Å². The highest BCUT2D eigenvalue weighted by atomic mass is 19.2. The number of ether oxygens (including phenoxy) is 3. The van der Waals surface area contributed by atoms with Crippen LogP contribution >= 0.6 is 0 Å². The normalized spacial score (nSPS) is 12.3. The summed E-state index contributed by atoms with van der Waals surface area (Å²) in [5.74, 6) is -2.87. The zero-order valence-corrected chi connectivity index (χ0v) is 13.3. The van der Waals surface area contributed by atoms with Crippen molar-refractivity contribution >= 4 is 12.1 Å².